The highest BCUT2D eigenvalue weighted by molar-refractivity contribution is 5.99. The van der Waals surface area contributed by atoms with Crippen molar-refractivity contribution in [1.82, 2.24) is 20.9 Å². The number of aromatic hydroxyl groups is 1. The van der Waals surface area contributed by atoms with E-state index in [-0.39, 0.29) is 29.5 Å². The molecule has 9 heteroatoms. The lowest BCUT2D eigenvalue weighted by Gasteiger charge is -2.27. The molecule has 0 aliphatic rings. The molecule has 0 saturated heterocycles. The summed E-state index contributed by atoms with van der Waals surface area (Å²) < 4.78 is 0. The minimum atomic E-state index is -0.841. The van der Waals surface area contributed by atoms with Crippen molar-refractivity contribution in [2.45, 2.75) is 51.7 Å². The molecule has 1 aromatic carbocycles. The first-order valence-corrected chi connectivity index (χ1v) is 10.4. The molecule has 1 aromatic heterocycles. The molecule has 3 amide bonds. The number of rotatable bonds is 10. The molecule has 170 valence electrons. The van der Waals surface area contributed by atoms with E-state index in [0.29, 0.717) is 6.42 Å². The van der Waals surface area contributed by atoms with E-state index in [4.69, 9.17) is 5.41 Å². The smallest absolute Gasteiger partial charge is 0.274 e. The van der Waals surface area contributed by atoms with Gasteiger partial charge in [0.05, 0.1) is 12.1 Å². The van der Waals surface area contributed by atoms with Crippen molar-refractivity contribution in [3.05, 3.63) is 59.9 Å². The van der Waals surface area contributed by atoms with Crippen LogP contribution in [0.25, 0.3) is 0 Å². The number of nitrogens with one attached hydrogen (secondary N) is 4. The zero-order valence-corrected chi connectivity index (χ0v) is 18.4. The van der Waals surface area contributed by atoms with Crippen LogP contribution in [0.15, 0.2) is 48.7 Å². The minimum absolute atomic E-state index is 0.110. The summed E-state index contributed by atoms with van der Waals surface area (Å²) >= 11 is 0. The minimum Gasteiger partial charge on any atom is -0.505 e. The number of hydrogen-bond donors (Lipinski definition) is 5. The van der Waals surface area contributed by atoms with E-state index in [0.717, 1.165) is 5.56 Å². The molecule has 3 atom stereocenters. The molecule has 5 N–H and O–H groups in total. The van der Waals surface area contributed by atoms with E-state index < -0.39 is 29.9 Å². The Kier molecular flexibility index (Phi) is 8.88. The number of pyridine rings is 1. The second kappa shape index (κ2) is 11.6. The third-order valence-corrected chi connectivity index (χ3v) is 4.88. The molecular formula is C23H29N5O4. The van der Waals surface area contributed by atoms with Crippen molar-refractivity contribution < 1.29 is 19.5 Å². The molecule has 0 aliphatic carbocycles. The molecule has 3 unspecified atom stereocenters. The Hall–Kier alpha value is -3.75. The highest BCUT2D eigenvalue weighted by Crippen LogP contribution is 2.13. The summed E-state index contributed by atoms with van der Waals surface area (Å²) in [5.41, 5.74) is 0.823. The van der Waals surface area contributed by atoms with Gasteiger partial charge in [-0.25, -0.2) is 4.98 Å². The molecule has 9 nitrogen and oxygen atoms in total. The van der Waals surface area contributed by atoms with Gasteiger partial charge in [0.1, 0.15) is 11.8 Å². The van der Waals surface area contributed by atoms with E-state index >= 15 is 0 Å². The Morgan fingerprint density at radius 3 is 2.34 bits per heavy atom. The lowest BCUT2D eigenvalue weighted by atomic mass is 10.0. The molecule has 32 heavy (non-hydrogen) atoms. The number of aromatic nitrogens is 1. The third-order valence-electron chi connectivity index (χ3n) is 4.88. The molecule has 2 rings (SSSR count). The van der Waals surface area contributed by atoms with Gasteiger partial charge in [0.25, 0.3) is 5.91 Å². The number of benzene rings is 1. The number of carbonyl (C=O) groups excluding carboxylic acids is 3. The quantitative estimate of drug-likeness (QED) is 0.357. The zero-order valence-electron chi connectivity index (χ0n) is 18.4. The van der Waals surface area contributed by atoms with Crippen LogP contribution < -0.4 is 16.0 Å². The second-order valence-electron chi connectivity index (χ2n) is 7.47. The van der Waals surface area contributed by atoms with Crippen LogP contribution in [0.1, 0.15) is 43.2 Å². The van der Waals surface area contributed by atoms with E-state index in [1.807, 2.05) is 30.3 Å². The van der Waals surface area contributed by atoms with Gasteiger partial charge in [-0.1, -0.05) is 37.3 Å². The molecule has 0 radical (unpaired) electrons. The van der Waals surface area contributed by atoms with E-state index in [2.05, 4.69) is 20.9 Å². The van der Waals surface area contributed by atoms with Crippen molar-refractivity contribution in [2.75, 3.05) is 0 Å². The SMILES string of the molecule is CCC(=O)NC(Cc1ccccc1)C(=O)NC(C)C(NC(=O)c1ncccc1O)C(C)=N. The number of amides is 3. The summed E-state index contributed by atoms with van der Waals surface area (Å²) in [5, 5.41) is 26.0. The Labute approximate surface area is 187 Å². The summed E-state index contributed by atoms with van der Waals surface area (Å²) in [4.78, 5) is 41.3. The molecule has 1 heterocycles. The van der Waals surface area contributed by atoms with Gasteiger partial charge >= 0.3 is 0 Å². The van der Waals surface area contributed by atoms with Crippen LogP contribution in [0.2, 0.25) is 0 Å². The standard InChI is InChI=1S/C23H29N5O4/c1-4-19(30)27-17(13-16-9-6-5-7-10-16)22(31)26-15(3)20(14(2)24)28-23(32)21-18(29)11-8-12-25-21/h5-12,15,17,20,24,29H,4,13H2,1-3H3,(H,26,31)(H,27,30)(H,28,32). The van der Waals surface area contributed by atoms with Gasteiger partial charge in [0, 0.05) is 24.8 Å². The molecule has 0 spiro atoms. The van der Waals surface area contributed by atoms with Gasteiger partial charge in [-0.2, -0.15) is 0 Å². The van der Waals surface area contributed by atoms with Gasteiger partial charge in [-0.3, -0.25) is 14.4 Å². The van der Waals surface area contributed by atoms with Crippen LogP contribution in [0, 0.1) is 5.41 Å². The Bertz CT molecular complexity index is 964. The largest absolute Gasteiger partial charge is 0.505 e. The Morgan fingerprint density at radius 2 is 1.75 bits per heavy atom. The fourth-order valence-corrected chi connectivity index (χ4v) is 3.15. The molecule has 0 aliphatic heterocycles. The lowest BCUT2D eigenvalue weighted by molar-refractivity contribution is -0.129. The lowest BCUT2D eigenvalue weighted by Crippen LogP contribution is -2.57. The Morgan fingerprint density at radius 1 is 1.06 bits per heavy atom. The van der Waals surface area contributed by atoms with Gasteiger partial charge in [0.2, 0.25) is 11.8 Å². The van der Waals surface area contributed by atoms with Crippen molar-refractivity contribution >= 4 is 23.4 Å². The highest BCUT2D eigenvalue weighted by Gasteiger charge is 2.28. The fourth-order valence-electron chi connectivity index (χ4n) is 3.15. The first kappa shape index (κ1) is 24.5. The van der Waals surface area contributed by atoms with Crippen molar-refractivity contribution in [1.29, 1.82) is 5.41 Å². The number of nitrogens with zero attached hydrogens (tertiary/aromatic N) is 1. The van der Waals surface area contributed by atoms with Gasteiger partial charge in [-0.15, -0.1) is 0 Å². The summed E-state index contributed by atoms with van der Waals surface area (Å²) in [6, 6.07) is 9.82. The monoisotopic (exact) mass is 439 g/mol. The summed E-state index contributed by atoms with van der Waals surface area (Å²) in [7, 11) is 0. The maximum Gasteiger partial charge on any atom is 0.274 e. The maximum absolute atomic E-state index is 13.0. The van der Waals surface area contributed by atoms with Crippen LogP contribution in [-0.4, -0.2) is 51.6 Å². The topological polar surface area (TPSA) is 144 Å². The predicted octanol–water partition coefficient (Wildman–Crippen LogP) is 1.57. The van der Waals surface area contributed by atoms with Crippen LogP contribution >= 0.6 is 0 Å². The first-order chi connectivity index (χ1) is 15.2. The van der Waals surface area contributed by atoms with Crippen molar-refractivity contribution in [3.8, 4) is 5.75 Å². The first-order valence-electron chi connectivity index (χ1n) is 10.4. The molecule has 0 fully saturated rings. The fraction of sp³-hybridized carbons (Fsp3) is 0.348. The van der Waals surface area contributed by atoms with Crippen LogP contribution in [0.3, 0.4) is 0 Å². The van der Waals surface area contributed by atoms with E-state index in [9.17, 15) is 19.5 Å². The van der Waals surface area contributed by atoms with E-state index in [1.54, 1.807) is 13.8 Å². The zero-order chi connectivity index (χ0) is 23.7. The third kappa shape index (κ3) is 6.90. The summed E-state index contributed by atoms with van der Waals surface area (Å²) in [5.74, 6) is -1.63. The molecular weight excluding hydrogens is 410 g/mol. The molecule has 0 bridgehead atoms. The second-order valence-corrected chi connectivity index (χ2v) is 7.47. The Balaban J connectivity index is 2.13. The average molecular weight is 440 g/mol. The van der Waals surface area contributed by atoms with E-state index in [1.165, 1.54) is 25.3 Å². The van der Waals surface area contributed by atoms with Crippen LogP contribution in [0.4, 0.5) is 0 Å². The predicted molar refractivity (Wildman–Crippen MR) is 121 cm³/mol. The maximum atomic E-state index is 13.0. The highest BCUT2D eigenvalue weighted by atomic mass is 16.3. The molecule has 0 saturated carbocycles. The van der Waals surface area contributed by atoms with Gasteiger partial charge in [-0.05, 0) is 31.5 Å². The van der Waals surface area contributed by atoms with Crippen LogP contribution in [-0.2, 0) is 16.0 Å². The van der Waals surface area contributed by atoms with Gasteiger partial charge < -0.3 is 26.5 Å². The normalized spacial score (nSPS) is 13.3. The molecule has 2 aromatic rings. The number of carbonyl (C=O) groups is 3. The van der Waals surface area contributed by atoms with Crippen molar-refractivity contribution in [3.63, 3.8) is 0 Å². The van der Waals surface area contributed by atoms with Gasteiger partial charge in [0.15, 0.2) is 5.69 Å². The average Bonchev–Trinajstić information content (AvgIpc) is 2.77. The number of hydrogen-bond acceptors (Lipinski definition) is 6. The van der Waals surface area contributed by atoms with Crippen LogP contribution in [0.5, 0.6) is 5.75 Å². The van der Waals surface area contributed by atoms with Crippen molar-refractivity contribution in [2.24, 2.45) is 0 Å². The summed E-state index contributed by atoms with van der Waals surface area (Å²) in [6.45, 7) is 4.86. The summed E-state index contributed by atoms with van der Waals surface area (Å²) in [6.07, 6.45) is 1.91.